The van der Waals surface area contributed by atoms with Gasteiger partial charge in [-0.25, -0.2) is 4.79 Å². The van der Waals surface area contributed by atoms with Crippen LogP contribution in [0.2, 0.25) is 5.02 Å². The molecule has 2 aromatic carbocycles. The molecule has 19 heavy (non-hydrogen) atoms. The third-order valence-electron chi connectivity index (χ3n) is 2.70. The number of aromatic carboxylic acids is 1. The first kappa shape index (κ1) is 13.4. The lowest BCUT2D eigenvalue weighted by molar-refractivity contribution is 0.0692. The van der Waals surface area contributed by atoms with Crippen molar-refractivity contribution >= 4 is 17.6 Å². The molecular formula is C15H13ClO3. The summed E-state index contributed by atoms with van der Waals surface area (Å²) in [6.07, 6.45) is 0. The average Bonchev–Trinajstić information content (AvgIpc) is 2.37. The van der Waals surface area contributed by atoms with Crippen molar-refractivity contribution in [1.82, 2.24) is 0 Å². The molecule has 0 bridgehead atoms. The molecule has 2 rings (SSSR count). The van der Waals surface area contributed by atoms with E-state index in [-0.39, 0.29) is 16.3 Å². The zero-order valence-electron chi connectivity index (χ0n) is 10.4. The third-order valence-corrected chi connectivity index (χ3v) is 3.02. The van der Waals surface area contributed by atoms with Crippen molar-refractivity contribution in [2.45, 2.75) is 13.5 Å². The second kappa shape index (κ2) is 5.76. The van der Waals surface area contributed by atoms with Gasteiger partial charge in [0.25, 0.3) is 0 Å². The number of rotatable bonds is 4. The molecule has 0 aromatic heterocycles. The summed E-state index contributed by atoms with van der Waals surface area (Å²) >= 11 is 5.87. The van der Waals surface area contributed by atoms with E-state index < -0.39 is 5.97 Å². The predicted molar refractivity (Wildman–Crippen MR) is 73.9 cm³/mol. The van der Waals surface area contributed by atoms with Crippen molar-refractivity contribution in [3.05, 3.63) is 64.2 Å². The largest absolute Gasteiger partial charge is 0.488 e. The van der Waals surface area contributed by atoms with Crippen molar-refractivity contribution in [1.29, 1.82) is 0 Å². The van der Waals surface area contributed by atoms with E-state index in [4.69, 9.17) is 21.4 Å². The Morgan fingerprint density at radius 2 is 1.89 bits per heavy atom. The molecule has 2 aromatic rings. The van der Waals surface area contributed by atoms with Crippen LogP contribution in [-0.4, -0.2) is 11.1 Å². The molecule has 0 aliphatic carbocycles. The Balaban J connectivity index is 2.18. The second-order valence-corrected chi connectivity index (χ2v) is 4.60. The maximum atomic E-state index is 11.1. The Bertz CT molecular complexity index is 591. The van der Waals surface area contributed by atoms with Gasteiger partial charge in [-0.1, -0.05) is 47.5 Å². The fourth-order valence-electron chi connectivity index (χ4n) is 1.68. The number of carboxylic acid groups (broad SMARTS) is 1. The van der Waals surface area contributed by atoms with Crippen LogP contribution in [0, 0.1) is 6.92 Å². The van der Waals surface area contributed by atoms with E-state index in [0.717, 1.165) is 11.1 Å². The lowest BCUT2D eigenvalue weighted by Crippen LogP contribution is -2.04. The Hall–Kier alpha value is -2.00. The Morgan fingerprint density at radius 1 is 1.21 bits per heavy atom. The van der Waals surface area contributed by atoms with Gasteiger partial charge in [0.15, 0.2) is 0 Å². The molecule has 0 saturated carbocycles. The molecule has 4 heteroatoms. The zero-order chi connectivity index (χ0) is 13.8. The Morgan fingerprint density at radius 3 is 2.53 bits per heavy atom. The SMILES string of the molecule is Cc1ccc(COc2cccc(Cl)c2C(=O)O)cc1. The molecular weight excluding hydrogens is 264 g/mol. The summed E-state index contributed by atoms with van der Waals surface area (Å²) in [5.74, 6) is -0.815. The molecule has 0 amide bonds. The molecule has 0 radical (unpaired) electrons. The summed E-state index contributed by atoms with van der Waals surface area (Å²) in [5.41, 5.74) is 2.14. The van der Waals surface area contributed by atoms with Gasteiger partial charge in [0.1, 0.15) is 17.9 Å². The number of hydrogen-bond acceptors (Lipinski definition) is 2. The molecule has 0 atom stereocenters. The highest BCUT2D eigenvalue weighted by Crippen LogP contribution is 2.27. The van der Waals surface area contributed by atoms with E-state index >= 15 is 0 Å². The first-order chi connectivity index (χ1) is 9.08. The number of ether oxygens (including phenoxy) is 1. The predicted octanol–water partition coefficient (Wildman–Crippen LogP) is 3.93. The number of carboxylic acids is 1. The molecule has 0 unspecified atom stereocenters. The minimum Gasteiger partial charge on any atom is -0.488 e. The molecule has 0 saturated heterocycles. The highest BCUT2D eigenvalue weighted by Gasteiger charge is 2.15. The molecule has 0 aliphatic heterocycles. The van der Waals surface area contributed by atoms with Crippen LogP contribution in [0.4, 0.5) is 0 Å². The molecule has 0 heterocycles. The van der Waals surface area contributed by atoms with Crippen molar-refractivity contribution in [2.24, 2.45) is 0 Å². The fourth-order valence-corrected chi connectivity index (χ4v) is 1.92. The molecule has 0 fully saturated rings. The normalized spacial score (nSPS) is 10.2. The van der Waals surface area contributed by atoms with Crippen LogP contribution >= 0.6 is 11.6 Å². The van der Waals surface area contributed by atoms with Gasteiger partial charge in [-0.3, -0.25) is 0 Å². The van der Waals surface area contributed by atoms with Gasteiger partial charge in [0.2, 0.25) is 0 Å². The van der Waals surface area contributed by atoms with Crippen molar-refractivity contribution in [3.8, 4) is 5.75 Å². The average molecular weight is 277 g/mol. The van der Waals surface area contributed by atoms with Crippen molar-refractivity contribution in [3.63, 3.8) is 0 Å². The Kier molecular flexibility index (Phi) is 4.07. The third kappa shape index (κ3) is 3.26. The van der Waals surface area contributed by atoms with Gasteiger partial charge in [-0.05, 0) is 24.6 Å². The van der Waals surface area contributed by atoms with E-state index in [1.165, 1.54) is 6.07 Å². The van der Waals surface area contributed by atoms with Crippen LogP contribution in [0.25, 0.3) is 0 Å². The molecule has 0 aliphatic rings. The number of halogens is 1. The second-order valence-electron chi connectivity index (χ2n) is 4.19. The lowest BCUT2D eigenvalue weighted by Gasteiger charge is -2.10. The molecule has 1 N–H and O–H groups in total. The van der Waals surface area contributed by atoms with E-state index in [0.29, 0.717) is 6.61 Å². The standard InChI is InChI=1S/C15H13ClO3/c1-10-5-7-11(8-6-10)9-19-13-4-2-3-12(16)14(13)15(17)18/h2-8H,9H2,1H3,(H,17,18). The number of aryl methyl sites for hydroxylation is 1. The lowest BCUT2D eigenvalue weighted by atomic mass is 10.1. The van der Waals surface area contributed by atoms with Crippen LogP contribution in [0.5, 0.6) is 5.75 Å². The van der Waals surface area contributed by atoms with Crippen LogP contribution < -0.4 is 4.74 Å². The number of carbonyl (C=O) groups is 1. The van der Waals surface area contributed by atoms with E-state index in [1.54, 1.807) is 12.1 Å². The number of hydrogen-bond donors (Lipinski definition) is 1. The summed E-state index contributed by atoms with van der Waals surface area (Å²) in [7, 11) is 0. The van der Waals surface area contributed by atoms with E-state index in [9.17, 15) is 4.79 Å². The highest BCUT2D eigenvalue weighted by molar-refractivity contribution is 6.33. The fraction of sp³-hybridized carbons (Fsp3) is 0.133. The topological polar surface area (TPSA) is 46.5 Å². The first-order valence-electron chi connectivity index (χ1n) is 5.78. The minimum atomic E-state index is -1.09. The summed E-state index contributed by atoms with van der Waals surface area (Å²) in [5, 5.41) is 9.29. The summed E-state index contributed by atoms with van der Waals surface area (Å²) in [6, 6.07) is 12.6. The monoisotopic (exact) mass is 276 g/mol. The van der Waals surface area contributed by atoms with E-state index in [2.05, 4.69) is 0 Å². The van der Waals surface area contributed by atoms with E-state index in [1.807, 2.05) is 31.2 Å². The zero-order valence-corrected chi connectivity index (χ0v) is 11.1. The summed E-state index contributed by atoms with van der Waals surface area (Å²) in [4.78, 5) is 11.1. The molecule has 98 valence electrons. The highest BCUT2D eigenvalue weighted by atomic mass is 35.5. The van der Waals surface area contributed by atoms with Gasteiger partial charge in [0.05, 0.1) is 5.02 Å². The van der Waals surface area contributed by atoms with Gasteiger partial charge >= 0.3 is 5.97 Å². The van der Waals surface area contributed by atoms with Crippen LogP contribution in [0.3, 0.4) is 0 Å². The van der Waals surface area contributed by atoms with Crippen LogP contribution in [0.15, 0.2) is 42.5 Å². The minimum absolute atomic E-state index is 0.00345. The van der Waals surface area contributed by atoms with Gasteiger partial charge < -0.3 is 9.84 Å². The van der Waals surface area contributed by atoms with Crippen LogP contribution in [-0.2, 0) is 6.61 Å². The molecule has 0 spiro atoms. The maximum absolute atomic E-state index is 11.1. The first-order valence-corrected chi connectivity index (χ1v) is 6.16. The van der Waals surface area contributed by atoms with Crippen LogP contribution in [0.1, 0.15) is 21.5 Å². The number of benzene rings is 2. The van der Waals surface area contributed by atoms with Gasteiger partial charge in [-0.15, -0.1) is 0 Å². The van der Waals surface area contributed by atoms with Gasteiger partial charge in [-0.2, -0.15) is 0 Å². The van der Waals surface area contributed by atoms with Crippen molar-refractivity contribution in [2.75, 3.05) is 0 Å². The van der Waals surface area contributed by atoms with Gasteiger partial charge in [0, 0.05) is 0 Å². The quantitative estimate of drug-likeness (QED) is 0.920. The smallest absolute Gasteiger partial charge is 0.341 e. The summed E-state index contributed by atoms with van der Waals surface area (Å²) in [6.45, 7) is 2.31. The maximum Gasteiger partial charge on any atom is 0.341 e. The summed E-state index contributed by atoms with van der Waals surface area (Å²) < 4.78 is 5.54. The van der Waals surface area contributed by atoms with Crippen molar-refractivity contribution < 1.29 is 14.6 Å². The Labute approximate surface area is 116 Å². The molecule has 3 nitrogen and oxygen atoms in total.